The van der Waals surface area contributed by atoms with Gasteiger partial charge in [-0.15, -0.1) is 0 Å². The first kappa shape index (κ1) is 11.0. The molecule has 0 spiro atoms. The molecule has 0 fully saturated rings. The second-order valence-corrected chi connectivity index (χ2v) is 4.06. The average molecular weight is 232 g/mol. The highest BCUT2D eigenvalue weighted by atomic mass is 35.5. The molecule has 2 rings (SSSR count). The third-order valence-electron chi connectivity index (χ3n) is 2.41. The van der Waals surface area contributed by atoms with Crippen LogP contribution in [0.2, 0.25) is 5.02 Å². The maximum Gasteiger partial charge on any atom is 0.126 e. The summed E-state index contributed by atoms with van der Waals surface area (Å²) in [7, 11) is 1.67. The van der Waals surface area contributed by atoms with E-state index in [1.54, 1.807) is 7.11 Å². The Morgan fingerprint density at radius 2 is 2.00 bits per heavy atom. The van der Waals surface area contributed by atoms with Crippen molar-refractivity contribution in [3.8, 4) is 16.9 Å². The molecule has 2 aromatic rings. The van der Waals surface area contributed by atoms with Gasteiger partial charge >= 0.3 is 0 Å². The van der Waals surface area contributed by atoms with Crippen LogP contribution >= 0.6 is 11.6 Å². The average Bonchev–Trinajstić information content (AvgIpc) is 2.29. The number of ether oxygens (including phenoxy) is 1. The third-order valence-corrected chi connectivity index (χ3v) is 2.64. The van der Waals surface area contributed by atoms with Crippen molar-refractivity contribution in [3.63, 3.8) is 0 Å². The van der Waals surface area contributed by atoms with Crippen LogP contribution < -0.4 is 4.74 Å². The van der Waals surface area contributed by atoms with E-state index in [9.17, 15) is 0 Å². The lowest BCUT2D eigenvalue weighted by atomic mass is 10.0. The van der Waals surface area contributed by atoms with E-state index in [2.05, 4.69) is 12.1 Å². The molecule has 16 heavy (non-hydrogen) atoms. The van der Waals surface area contributed by atoms with Gasteiger partial charge in [0.25, 0.3) is 0 Å². The van der Waals surface area contributed by atoms with E-state index < -0.39 is 0 Å². The Balaban J connectivity index is 2.58. The fraction of sp³-hybridized carbons (Fsp3) is 0.143. The molecule has 0 atom stereocenters. The summed E-state index contributed by atoms with van der Waals surface area (Å²) in [6.07, 6.45) is 0. The first-order chi connectivity index (χ1) is 7.70. The molecule has 0 bridgehead atoms. The number of rotatable bonds is 2. The van der Waals surface area contributed by atoms with Crippen molar-refractivity contribution in [1.82, 2.24) is 0 Å². The maximum absolute atomic E-state index is 5.97. The van der Waals surface area contributed by atoms with Gasteiger partial charge in [-0.05, 0) is 42.8 Å². The van der Waals surface area contributed by atoms with Gasteiger partial charge in [0.05, 0.1) is 7.11 Å². The van der Waals surface area contributed by atoms with Gasteiger partial charge in [0.15, 0.2) is 0 Å². The van der Waals surface area contributed by atoms with Crippen LogP contribution in [-0.4, -0.2) is 7.11 Å². The quantitative estimate of drug-likeness (QED) is 0.755. The van der Waals surface area contributed by atoms with Crippen LogP contribution in [0, 0.1) is 13.0 Å². The predicted octanol–water partition coefficient (Wildman–Crippen LogP) is 4.12. The molecular weight excluding hydrogens is 220 g/mol. The third kappa shape index (κ3) is 2.20. The van der Waals surface area contributed by atoms with Crippen molar-refractivity contribution in [3.05, 3.63) is 53.1 Å². The van der Waals surface area contributed by atoms with E-state index in [0.29, 0.717) is 5.02 Å². The van der Waals surface area contributed by atoms with Gasteiger partial charge in [-0.25, -0.2) is 0 Å². The Labute approximate surface area is 101 Å². The van der Waals surface area contributed by atoms with E-state index >= 15 is 0 Å². The van der Waals surface area contributed by atoms with E-state index in [1.807, 2.05) is 37.3 Å². The summed E-state index contributed by atoms with van der Waals surface area (Å²) in [5, 5.41) is 0.706. The van der Waals surface area contributed by atoms with Gasteiger partial charge in [0, 0.05) is 10.6 Å². The maximum atomic E-state index is 5.97. The molecular formula is C14H12ClO. The zero-order valence-corrected chi connectivity index (χ0v) is 10.0. The first-order valence-electron chi connectivity index (χ1n) is 5.03. The van der Waals surface area contributed by atoms with Gasteiger partial charge < -0.3 is 4.74 Å². The number of hydrogen-bond donors (Lipinski definition) is 0. The Morgan fingerprint density at radius 3 is 2.69 bits per heavy atom. The normalized spacial score (nSPS) is 10.2. The fourth-order valence-electron chi connectivity index (χ4n) is 1.63. The Kier molecular flexibility index (Phi) is 3.16. The van der Waals surface area contributed by atoms with Crippen LogP contribution in [0.15, 0.2) is 36.4 Å². The second kappa shape index (κ2) is 4.58. The zero-order valence-electron chi connectivity index (χ0n) is 9.25. The minimum Gasteiger partial charge on any atom is -0.496 e. The predicted molar refractivity (Wildman–Crippen MR) is 67.0 cm³/mol. The van der Waals surface area contributed by atoms with Crippen LogP contribution in [0.25, 0.3) is 11.1 Å². The molecule has 0 aliphatic heterocycles. The van der Waals surface area contributed by atoms with Crippen LogP contribution in [-0.2, 0) is 0 Å². The molecule has 1 radical (unpaired) electrons. The number of hydrogen-bond acceptors (Lipinski definition) is 1. The summed E-state index contributed by atoms with van der Waals surface area (Å²) < 4.78 is 5.33. The Hall–Kier alpha value is -1.47. The van der Waals surface area contributed by atoms with Crippen LogP contribution in [0.1, 0.15) is 5.56 Å². The highest BCUT2D eigenvalue weighted by Gasteiger charge is 2.06. The summed E-state index contributed by atoms with van der Waals surface area (Å²) >= 11 is 5.97. The van der Waals surface area contributed by atoms with Gasteiger partial charge in [0.2, 0.25) is 0 Å². The largest absolute Gasteiger partial charge is 0.496 e. The Morgan fingerprint density at radius 1 is 1.19 bits per heavy atom. The summed E-state index contributed by atoms with van der Waals surface area (Å²) in [6, 6.07) is 14.7. The van der Waals surface area contributed by atoms with Gasteiger partial charge in [0.1, 0.15) is 5.75 Å². The minimum atomic E-state index is 0.706. The molecule has 0 aliphatic carbocycles. The second-order valence-electron chi connectivity index (χ2n) is 3.62. The summed E-state index contributed by atoms with van der Waals surface area (Å²) in [5.74, 6) is 0.837. The molecule has 2 aromatic carbocycles. The number of aryl methyl sites for hydroxylation is 1. The molecule has 0 aliphatic rings. The fourth-order valence-corrected chi connectivity index (χ4v) is 1.80. The standard InChI is InChI=1S/C14H12ClO/c1-10-6-7-14(16-2)13(8-10)11-4-3-5-12(15)9-11/h3,5-9H,1-2H3. The van der Waals surface area contributed by atoms with Gasteiger partial charge in [-0.1, -0.05) is 29.3 Å². The van der Waals surface area contributed by atoms with Crippen LogP contribution in [0.5, 0.6) is 5.75 Å². The van der Waals surface area contributed by atoms with Gasteiger partial charge in [-0.2, -0.15) is 0 Å². The topological polar surface area (TPSA) is 9.23 Å². The number of benzene rings is 2. The molecule has 2 heteroatoms. The van der Waals surface area contributed by atoms with Crippen molar-refractivity contribution in [2.75, 3.05) is 7.11 Å². The Bertz CT molecular complexity index is 506. The SMILES string of the molecule is COc1ccc(C)cc1-c1[c]ccc(Cl)c1. The van der Waals surface area contributed by atoms with Crippen LogP contribution in [0.3, 0.4) is 0 Å². The number of halogens is 1. The zero-order chi connectivity index (χ0) is 11.5. The van der Waals surface area contributed by atoms with Crippen molar-refractivity contribution < 1.29 is 4.74 Å². The smallest absolute Gasteiger partial charge is 0.126 e. The summed E-state index contributed by atoms with van der Waals surface area (Å²) in [5.41, 5.74) is 3.15. The summed E-state index contributed by atoms with van der Waals surface area (Å²) in [6.45, 7) is 2.05. The van der Waals surface area contributed by atoms with Crippen molar-refractivity contribution in [1.29, 1.82) is 0 Å². The van der Waals surface area contributed by atoms with E-state index in [-0.39, 0.29) is 0 Å². The van der Waals surface area contributed by atoms with Crippen molar-refractivity contribution >= 4 is 11.6 Å². The van der Waals surface area contributed by atoms with Crippen molar-refractivity contribution in [2.24, 2.45) is 0 Å². The molecule has 0 N–H and O–H groups in total. The molecule has 0 unspecified atom stereocenters. The number of methoxy groups -OCH3 is 1. The highest BCUT2D eigenvalue weighted by molar-refractivity contribution is 6.30. The molecule has 0 saturated heterocycles. The van der Waals surface area contributed by atoms with Gasteiger partial charge in [-0.3, -0.25) is 0 Å². The first-order valence-corrected chi connectivity index (χ1v) is 5.41. The lowest BCUT2D eigenvalue weighted by molar-refractivity contribution is 0.416. The molecule has 81 valence electrons. The minimum absolute atomic E-state index is 0.706. The summed E-state index contributed by atoms with van der Waals surface area (Å²) in [4.78, 5) is 0. The van der Waals surface area contributed by atoms with Crippen molar-refractivity contribution in [2.45, 2.75) is 6.92 Å². The molecule has 0 aromatic heterocycles. The lowest BCUT2D eigenvalue weighted by Crippen LogP contribution is -1.88. The molecule has 0 amide bonds. The van der Waals surface area contributed by atoms with Crippen LogP contribution in [0.4, 0.5) is 0 Å². The van der Waals surface area contributed by atoms with E-state index in [4.69, 9.17) is 16.3 Å². The lowest BCUT2D eigenvalue weighted by Gasteiger charge is -2.09. The molecule has 1 nitrogen and oxygen atoms in total. The van der Waals surface area contributed by atoms with E-state index in [1.165, 1.54) is 5.56 Å². The molecule has 0 heterocycles. The monoisotopic (exact) mass is 231 g/mol. The highest BCUT2D eigenvalue weighted by Crippen LogP contribution is 2.31. The van der Waals surface area contributed by atoms with E-state index in [0.717, 1.165) is 16.9 Å². The molecule has 0 saturated carbocycles.